The normalized spacial score (nSPS) is 25.1. The number of carbonyl (C=O) groups excluding carboxylic acids is 2. The van der Waals surface area contributed by atoms with Crippen molar-refractivity contribution in [3.05, 3.63) is 0 Å². The zero-order chi connectivity index (χ0) is 17.6. The van der Waals surface area contributed by atoms with Crippen LogP contribution >= 0.6 is 0 Å². The largest absolute Gasteiger partial charge is 0.352 e. The number of hydrogen-bond donors (Lipinski definition) is 1. The molecule has 3 rings (SSSR count). The third-order valence-electron chi connectivity index (χ3n) is 6.45. The molecule has 25 heavy (non-hydrogen) atoms. The summed E-state index contributed by atoms with van der Waals surface area (Å²) in [6.07, 6.45) is 11.5. The van der Waals surface area contributed by atoms with E-state index >= 15 is 0 Å². The molecule has 5 heteroatoms. The van der Waals surface area contributed by atoms with Gasteiger partial charge in [-0.3, -0.25) is 14.5 Å². The average molecular weight is 350 g/mol. The van der Waals surface area contributed by atoms with Gasteiger partial charge in [0.2, 0.25) is 11.8 Å². The van der Waals surface area contributed by atoms with Crippen LogP contribution in [0.5, 0.6) is 0 Å². The van der Waals surface area contributed by atoms with Crippen molar-refractivity contribution in [1.82, 2.24) is 15.1 Å². The summed E-state index contributed by atoms with van der Waals surface area (Å²) in [6.45, 7) is 5.36. The van der Waals surface area contributed by atoms with E-state index in [0.717, 1.165) is 51.9 Å². The van der Waals surface area contributed by atoms with Crippen LogP contribution in [0.25, 0.3) is 0 Å². The Kier molecular flexibility index (Phi) is 6.74. The van der Waals surface area contributed by atoms with E-state index in [4.69, 9.17) is 0 Å². The van der Waals surface area contributed by atoms with Gasteiger partial charge in [-0.15, -0.1) is 0 Å². The Bertz CT molecular complexity index is 456. The monoisotopic (exact) mass is 349 g/mol. The lowest BCUT2D eigenvalue weighted by atomic mass is 10.0. The number of amides is 2. The van der Waals surface area contributed by atoms with Crippen LogP contribution in [0.2, 0.25) is 0 Å². The lowest BCUT2D eigenvalue weighted by Crippen LogP contribution is -2.49. The summed E-state index contributed by atoms with van der Waals surface area (Å²) in [5.41, 5.74) is 0. The summed E-state index contributed by atoms with van der Waals surface area (Å²) in [4.78, 5) is 29.4. The molecule has 1 saturated heterocycles. The molecule has 0 radical (unpaired) electrons. The van der Waals surface area contributed by atoms with Crippen molar-refractivity contribution in [2.45, 2.75) is 83.2 Å². The Morgan fingerprint density at radius 1 is 0.920 bits per heavy atom. The molecule has 1 aliphatic heterocycles. The average Bonchev–Trinajstić information content (AvgIpc) is 3.24. The molecule has 0 bridgehead atoms. The van der Waals surface area contributed by atoms with E-state index in [2.05, 4.69) is 10.2 Å². The summed E-state index contributed by atoms with van der Waals surface area (Å²) in [5.74, 6) is 1.11. The van der Waals surface area contributed by atoms with Crippen LogP contribution in [0.4, 0.5) is 0 Å². The summed E-state index contributed by atoms with van der Waals surface area (Å²) in [5, 5.41) is 3.22. The van der Waals surface area contributed by atoms with Crippen molar-refractivity contribution in [1.29, 1.82) is 0 Å². The Hall–Kier alpha value is -1.10. The van der Waals surface area contributed by atoms with E-state index in [1.54, 1.807) is 0 Å². The lowest BCUT2D eigenvalue weighted by molar-refractivity contribution is -0.132. The second-order valence-corrected chi connectivity index (χ2v) is 8.29. The molecule has 0 spiro atoms. The maximum Gasteiger partial charge on any atom is 0.237 e. The third kappa shape index (κ3) is 5.19. The van der Waals surface area contributed by atoms with Crippen molar-refractivity contribution in [3.63, 3.8) is 0 Å². The third-order valence-corrected chi connectivity index (χ3v) is 6.45. The van der Waals surface area contributed by atoms with Gasteiger partial charge >= 0.3 is 0 Å². The van der Waals surface area contributed by atoms with Crippen LogP contribution in [0.3, 0.4) is 0 Å². The Balaban J connectivity index is 1.45. The van der Waals surface area contributed by atoms with Gasteiger partial charge in [0.1, 0.15) is 0 Å². The molecule has 0 aromatic heterocycles. The van der Waals surface area contributed by atoms with Gasteiger partial charge in [0.15, 0.2) is 0 Å². The van der Waals surface area contributed by atoms with Gasteiger partial charge in [-0.05, 0) is 44.9 Å². The van der Waals surface area contributed by atoms with E-state index < -0.39 is 0 Å². The quantitative estimate of drug-likeness (QED) is 0.830. The maximum atomic E-state index is 12.6. The maximum absolute atomic E-state index is 12.6. The first-order valence-electron chi connectivity index (χ1n) is 10.5. The van der Waals surface area contributed by atoms with Gasteiger partial charge in [0.25, 0.3) is 0 Å². The van der Waals surface area contributed by atoms with Crippen LogP contribution in [0, 0.1) is 5.92 Å². The number of nitrogens with one attached hydrogen (secondary N) is 1. The molecule has 2 aliphatic carbocycles. The number of carbonyl (C=O) groups is 2. The highest BCUT2D eigenvalue weighted by molar-refractivity contribution is 5.81. The molecule has 1 N–H and O–H groups in total. The van der Waals surface area contributed by atoms with E-state index in [1.807, 2.05) is 11.8 Å². The first kappa shape index (κ1) is 18.7. The fourth-order valence-electron chi connectivity index (χ4n) is 4.72. The molecule has 3 fully saturated rings. The van der Waals surface area contributed by atoms with E-state index in [1.165, 1.54) is 38.5 Å². The van der Waals surface area contributed by atoms with Crippen molar-refractivity contribution in [2.75, 3.05) is 26.2 Å². The molecule has 0 aromatic carbocycles. The van der Waals surface area contributed by atoms with E-state index in [9.17, 15) is 9.59 Å². The SMILES string of the molecule is C[C@@H](C(=O)NC1CCCC1)N1CCCN(C(=O)CC2CCCC2)CC1. The van der Waals surface area contributed by atoms with Crippen LogP contribution in [-0.4, -0.2) is 59.9 Å². The highest BCUT2D eigenvalue weighted by atomic mass is 16.2. The lowest BCUT2D eigenvalue weighted by Gasteiger charge is -2.28. The molecule has 2 amide bonds. The zero-order valence-electron chi connectivity index (χ0n) is 15.8. The van der Waals surface area contributed by atoms with Gasteiger partial charge in [-0.1, -0.05) is 25.7 Å². The van der Waals surface area contributed by atoms with Crippen molar-refractivity contribution in [3.8, 4) is 0 Å². The summed E-state index contributed by atoms with van der Waals surface area (Å²) >= 11 is 0. The first-order chi connectivity index (χ1) is 12.1. The smallest absolute Gasteiger partial charge is 0.237 e. The number of nitrogens with zero attached hydrogens (tertiary/aromatic N) is 2. The fraction of sp³-hybridized carbons (Fsp3) is 0.900. The molecule has 1 heterocycles. The van der Waals surface area contributed by atoms with Crippen LogP contribution in [0.15, 0.2) is 0 Å². The molecule has 142 valence electrons. The number of rotatable bonds is 5. The highest BCUT2D eigenvalue weighted by Gasteiger charge is 2.28. The van der Waals surface area contributed by atoms with E-state index in [0.29, 0.717) is 17.9 Å². The molecule has 5 nitrogen and oxygen atoms in total. The number of hydrogen-bond acceptors (Lipinski definition) is 3. The summed E-state index contributed by atoms with van der Waals surface area (Å²) in [7, 11) is 0. The summed E-state index contributed by atoms with van der Waals surface area (Å²) in [6, 6.07) is 0.289. The van der Waals surface area contributed by atoms with Gasteiger partial charge in [0.05, 0.1) is 6.04 Å². The Labute approximate surface area is 152 Å². The molecule has 0 unspecified atom stereocenters. The van der Waals surface area contributed by atoms with E-state index in [-0.39, 0.29) is 11.9 Å². The van der Waals surface area contributed by atoms with Gasteiger partial charge in [0, 0.05) is 38.6 Å². The van der Waals surface area contributed by atoms with Crippen molar-refractivity contribution < 1.29 is 9.59 Å². The fourth-order valence-corrected chi connectivity index (χ4v) is 4.72. The molecular weight excluding hydrogens is 314 g/mol. The standard InChI is InChI=1S/C20H35N3O2/c1-16(20(25)21-18-9-4-5-10-18)22-11-6-12-23(14-13-22)19(24)15-17-7-2-3-8-17/h16-18H,2-15H2,1H3,(H,21,25)/t16-/m0/s1. The highest BCUT2D eigenvalue weighted by Crippen LogP contribution is 2.28. The Morgan fingerprint density at radius 2 is 1.60 bits per heavy atom. The second-order valence-electron chi connectivity index (χ2n) is 8.29. The zero-order valence-corrected chi connectivity index (χ0v) is 15.8. The van der Waals surface area contributed by atoms with Crippen LogP contribution < -0.4 is 5.32 Å². The molecule has 1 atom stereocenters. The van der Waals surface area contributed by atoms with Crippen molar-refractivity contribution in [2.24, 2.45) is 5.92 Å². The molecule has 0 aromatic rings. The van der Waals surface area contributed by atoms with Gasteiger partial charge in [-0.2, -0.15) is 0 Å². The topological polar surface area (TPSA) is 52.7 Å². The molecule has 3 aliphatic rings. The minimum atomic E-state index is -0.0921. The second kappa shape index (κ2) is 9.02. The summed E-state index contributed by atoms with van der Waals surface area (Å²) < 4.78 is 0. The Morgan fingerprint density at radius 3 is 2.32 bits per heavy atom. The van der Waals surface area contributed by atoms with Crippen molar-refractivity contribution >= 4 is 11.8 Å². The predicted molar refractivity (Wildman–Crippen MR) is 99.2 cm³/mol. The van der Waals surface area contributed by atoms with Gasteiger partial charge < -0.3 is 10.2 Å². The minimum absolute atomic E-state index is 0.0921. The predicted octanol–water partition coefficient (Wildman–Crippen LogP) is 2.55. The van der Waals surface area contributed by atoms with Crippen LogP contribution in [0.1, 0.15) is 71.1 Å². The molecule has 2 saturated carbocycles. The minimum Gasteiger partial charge on any atom is -0.352 e. The van der Waals surface area contributed by atoms with Crippen LogP contribution in [-0.2, 0) is 9.59 Å². The molecular formula is C20H35N3O2. The van der Waals surface area contributed by atoms with Gasteiger partial charge in [-0.25, -0.2) is 0 Å². The first-order valence-corrected chi connectivity index (χ1v) is 10.5.